The van der Waals surface area contributed by atoms with E-state index in [-0.39, 0.29) is 24.4 Å². The van der Waals surface area contributed by atoms with Gasteiger partial charge in [0.2, 0.25) is 5.91 Å². The molecule has 2 aromatic rings. The van der Waals surface area contributed by atoms with E-state index in [1.807, 2.05) is 63.2 Å². The predicted octanol–water partition coefficient (Wildman–Crippen LogP) is 3.63. The highest BCUT2D eigenvalue weighted by Gasteiger charge is 2.31. The Kier molecular flexibility index (Phi) is 5.64. The fraction of sp³-hybridized carbons (Fsp3) is 0.333. The number of carbonyl (C=O) groups is 2. The second-order valence-electron chi connectivity index (χ2n) is 6.73. The summed E-state index contributed by atoms with van der Waals surface area (Å²) in [6, 6.07) is 12.7. The van der Waals surface area contributed by atoms with Crippen LogP contribution in [0.1, 0.15) is 24.5 Å². The molecule has 0 aliphatic carbocycles. The molecule has 0 radical (unpaired) electrons. The summed E-state index contributed by atoms with van der Waals surface area (Å²) in [5.41, 5.74) is 3.84. The molecule has 1 heterocycles. The van der Waals surface area contributed by atoms with Gasteiger partial charge in [-0.05, 0) is 68.3 Å². The van der Waals surface area contributed by atoms with Gasteiger partial charge in [0.15, 0.2) is 0 Å². The SMILES string of the molecule is CCOc1ccc(N2C[C@@H](NC(=O)Nc3ccc(C)c(C)c3)CC2=O)cc1. The maximum atomic E-state index is 12.3. The molecule has 0 unspecified atom stereocenters. The Morgan fingerprint density at radius 1 is 1.15 bits per heavy atom. The third-order valence-electron chi connectivity index (χ3n) is 4.68. The lowest BCUT2D eigenvalue weighted by atomic mass is 10.1. The molecule has 142 valence electrons. The first-order chi connectivity index (χ1) is 13.0. The molecule has 3 amide bonds. The molecule has 1 aliphatic heterocycles. The molecule has 1 saturated heterocycles. The van der Waals surface area contributed by atoms with Crippen molar-refractivity contribution in [2.45, 2.75) is 33.2 Å². The minimum atomic E-state index is -0.301. The van der Waals surface area contributed by atoms with Crippen molar-refractivity contribution in [1.82, 2.24) is 5.32 Å². The summed E-state index contributed by atoms with van der Waals surface area (Å²) >= 11 is 0. The number of rotatable bonds is 5. The Morgan fingerprint density at radius 3 is 2.56 bits per heavy atom. The predicted molar refractivity (Wildman–Crippen MR) is 106 cm³/mol. The smallest absolute Gasteiger partial charge is 0.319 e. The van der Waals surface area contributed by atoms with Crippen molar-refractivity contribution >= 4 is 23.3 Å². The molecule has 6 nitrogen and oxygen atoms in total. The maximum absolute atomic E-state index is 12.3. The van der Waals surface area contributed by atoms with Gasteiger partial charge in [-0.25, -0.2) is 4.79 Å². The molecule has 0 saturated carbocycles. The second-order valence-corrected chi connectivity index (χ2v) is 6.73. The molecule has 1 fully saturated rings. The Bertz CT molecular complexity index is 833. The molecular weight excluding hydrogens is 342 g/mol. The normalized spacial score (nSPS) is 16.3. The van der Waals surface area contributed by atoms with E-state index < -0.39 is 0 Å². The third-order valence-corrected chi connectivity index (χ3v) is 4.68. The van der Waals surface area contributed by atoms with E-state index in [1.54, 1.807) is 4.90 Å². The number of hydrogen-bond acceptors (Lipinski definition) is 3. The zero-order valence-electron chi connectivity index (χ0n) is 15.9. The van der Waals surface area contributed by atoms with Gasteiger partial charge in [-0.2, -0.15) is 0 Å². The molecule has 3 rings (SSSR count). The van der Waals surface area contributed by atoms with E-state index in [9.17, 15) is 9.59 Å². The van der Waals surface area contributed by atoms with E-state index in [0.29, 0.717) is 13.2 Å². The highest BCUT2D eigenvalue weighted by Crippen LogP contribution is 2.24. The largest absolute Gasteiger partial charge is 0.494 e. The van der Waals surface area contributed by atoms with Gasteiger partial charge < -0.3 is 20.3 Å². The van der Waals surface area contributed by atoms with E-state index in [2.05, 4.69) is 10.6 Å². The topological polar surface area (TPSA) is 70.7 Å². The summed E-state index contributed by atoms with van der Waals surface area (Å²) in [5, 5.41) is 5.72. The first kappa shape index (κ1) is 18.8. The first-order valence-corrected chi connectivity index (χ1v) is 9.14. The summed E-state index contributed by atoms with van der Waals surface area (Å²) in [4.78, 5) is 26.3. The van der Waals surface area contributed by atoms with Crippen LogP contribution in [0.4, 0.5) is 16.2 Å². The first-order valence-electron chi connectivity index (χ1n) is 9.14. The molecule has 1 aliphatic rings. The Morgan fingerprint density at radius 2 is 1.89 bits per heavy atom. The van der Waals surface area contributed by atoms with E-state index in [1.165, 1.54) is 5.56 Å². The number of amides is 3. The molecular formula is C21H25N3O3. The van der Waals surface area contributed by atoms with Crippen LogP contribution in [-0.4, -0.2) is 31.1 Å². The molecule has 27 heavy (non-hydrogen) atoms. The maximum Gasteiger partial charge on any atom is 0.319 e. The number of hydrogen-bond donors (Lipinski definition) is 2. The molecule has 0 bridgehead atoms. The van der Waals surface area contributed by atoms with Crippen molar-refractivity contribution in [3.8, 4) is 5.75 Å². The van der Waals surface area contributed by atoms with Gasteiger partial charge in [0.05, 0.1) is 12.6 Å². The van der Waals surface area contributed by atoms with Crippen molar-refractivity contribution in [1.29, 1.82) is 0 Å². The lowest BCUT2D eigenvalue weighted by Gasteiger charge is -2.18. The van der Waals surface area contributed by atoms with Crippen LogP contribution >= 0.6 is 0 Å². The number of benzene rings is 2. The van der Waals surface area contributed by atoms with Gasteiger partial charge in [0.25, 0.3) is 0 Å². The third kappa shape index (κ3) is 4.58. The Hall–Kier alpha value is -3.02. The zero-order chi connectivity index (χ0) is 19.4. The van der Waals surface area contributed by atoms with Crippen LogP contribution in [0.15, 0.2) is 42.5 Å². The van der Waals surface area contributed by atoms with Crippen LogP contribution in [0.3, 0.4) is 0 Å². The van der Waals surface area contributed by atoms with E-state index in [4.69, 9.17) is 4.74 Å². The van der Waals surface area contributed by atoms with Crippen molar-refractivity contribution in [3.63, 3.8) is 0 Å². The minimum Gasteiger partial charge on any atom is -0.494 e. The molecule has 2 aromatic carbocycles. The minimum absolute atomic E-state index is 0.00404. The fourth-order valence-electron chi connectivity index (χ4n) is 3.11. The average molecular weight is 367 g/mol. The lowest BCUT2D eigenvalue weighted by molar-refractivity contribution is -0.117. The van der Waals surface area contributed by atoms with Crippen LogP contribution in [0.2, 0.25) is 0 Å². The van der Waals surface area contributed by atoms with Gasteiger partial charge in [-0.15, -0.1) is 0 Å². The quantitative estimate of drug-likeness (QED) is 0.848. The molecule has 2 N–H and O–H groups in total. The van der Waals surface area contributed by atoms with Crippen LogP contribution in [0.5, 0.6) is 5.75 Å². The summed E-state index contributed by atoms with van der Waals surface area (Å²) < 4.78 is 5.43. The molecule has 6 heteroatoms. The number of anilines is 2. The highest BCUT2D eigenvalue weighted by molar-refractivity contribution is 5.97. The van der Waals surface area contributed by atoms with Crippen LogP contribution in [0, 0.1) is 13.8 Å². The Labute approximate surface area is 159 Å². The average Bonchev–Trinajstić information content (AvgIpc) is 2.99. The van der Waals surface area contributed by atoms with Gasteiger partial charge in [0.1, 0.15) is 5.75 Å². The number of aryl methyl sites for hydroxylation is 2. The lowest BCUT2D eigenvalue weighted by Crippen LogP contribution is -2.39. The van der Waals surface area contributed by atoms with Crippen LogP contribution in [0.25, 0.3) is 0 Å². The fourth-order valence-corrected chi connectivity index (χ4v) is 3.11. The van der Waals surface area contributed by atoms with Gasteiger partial charge >= 0.3 is 6.03 Å². The summed E-state index contributed by atoms with van der Waals surface area (Å²) in [7, 11) is 0. The summed E-state index contributed by atoms with van der Waals surface area (Å²) in [6.07, 6.45) is 0.285. The highest BCUT2D eigenvalue weighted by atomic mass is 16.5. The van der Waals surface area contributed by atoms with E-state index in [0.717, 1.165) is 22.7 Å². The summed E-state index contributed by atoms with van der Waals surface area (Å²) in [5.74, 6) is 0.769. The zero-order valence-corrected chi connectivity index (χ0v) is 15.9. The van der Waals surface area contributed by atoms with Crippen molar-refractivity contribution in [2.24, 2.45) is 0 Å². The molecule has 0 aromatic heterocycles. The summed E-state index contributed by atoms with van der Waals surface area (Å²) in [6.45, 7) is 7.01. The van der Waals surface area contributed by atoms with Crippen molar-refractivity contribution < 1.29 is 14.3 Å². The standard InChI is InChI=1S/C21H25N3O3/c1-4-27-19-9-7-18(8-10-19)24-13-17(12-20(24)25)23-21(26)22-16-6-5-14(2)15(3)11-16/h5-11,17H,4,12-13H2,1-3H3,(H2,22,23,26)/t17-/m0/s1. The van der Waals surface area contributed by atoms with Crippen molar-refractivity contribution in [3.05, 3.63) is 53.6 Å². The number of nitrogens with zero attached hydrogens (tertiary/aromatic N) is 1. The molecule has 0 spiro atoms. The molecule has 1 atom stereocenters. The van der Waals surface area contributed by atoms with Gasteiger partial charge in [-0.1, -0.05) is 6.07 Å². The number of nitrogens with one attached hydrogen (secondary N) is 2. The van der Waals surface area contributed by atoms with Crippen molar-refractivity contribution in [2.75, 3.05) is 23.4 Å². The number of urea groups is 1. The van der Waals surface area contributed by atoms with E-state index >= 15 is 0 Å². The number of carbonyl (C=O) groups excluding carboxylic acids is 2. The monoisotopic (exact) mass is 367 g/mol. The number of ether oxygens (including phenoxy) is 1. The van der Waals surface area contributed by atoms with Crippen LogP contribution < -0.4 is 20.3 Å². The second kappa shape index (κ2) is 8.12. The van der Waals surface area contributed by atoms with Crippen LogP contribution in [-0.2, 0) is 4.79 Å². The van der Waals surface area contributed by atoms with Gasteiger partial charge in [-0.3, -0.25) is 4.79 Å². The Balaban J connectivity index is 1.58. The van der Waals surface area contributed by atoms with Gasteiger partial charge in [0, 0.05) is 24.3 Å².